The molecule has 0 unspecified atom stereocenters. The van der Waals surface area contributed by atoms with Crippen LogP contribution in [0, 0.1) is 5.82 Å². The zero-order valence-electron chi connectivity index (χ0n) is 14.9. The number of anilines is 1. The summed E-state index contributed by atoms with van der Waals surface area (Å²) in [5.41, 5.74) is 2.39. The molecule has 1 heterocycles. The second kappa shape index (κ2) is 8.15. The first kappa shape index (κ1) is 18.1. The van der Waals surface area contributed by atoms with E-state index in [4.69, 9.17) is 0 Å². The van der Waals surface area contributed by atoms with Crippen molar-refractivity contribution in [1.82, 2.24) is 4.90 Å². The van der Waals surface area contributed by atoms with Crippen LogP contribution in [0.4, 0.5) is 10.1 Å². The van der Waals surface area contributed by atoms with Crippen molar-refractivity contribution in [3.05, 3.63) is 58.9 Å². The molecule has 26 heavy (non-hydrogen) atoms. The van der Waals surface area contributed by atoms with Crippen LogP contribution in [0.15, 0.2) is 36.4 Å². The third-order valence-electron chi connectivity index (χ3n) is 4.79. The number of carbonyl (C=O) groups excluding carboxylic acids is 1. The van der Waals surface area contributed by atoms with Crippen molar-refractivity contribution >= 4 is 24.1 Å². The fourth-order valence-corrected chi connectivity index (χ4v) is 3.15. The van der Waals surface area contributed by atoms with E-state index in [1.165, 1.54) is 17.8 Å². The predicted octanol–water partition coefficient (Wildman–Crippen LogP) is 3.66. The van der Waals surface area contributed by atoms with Crippen molar-refractivity contribution in [2.45, 2.75) is 6.92 Å². The van der Waals surface area contributed by atoms with Gasteiger partial charge in [0.1, 0.15) is 11.6 Å². The molecule has 0 atom stereocenters. The van der Waals surface area contributed by atoms with Gasteiger partial charge in [0, 0.05) is 31.9 Å². The molecule has 136 valence electrons. The summed E-state index contributed by atoms with van der Waals surface area (Å²) < 4.78 is 13.7. The van der Waals surface area contributed by atoms with Gasteiger partial charge in [-0.3, -0.25) is 4.79 Å². The number of aldehydes is 1. The van der Waals surface area contributed by atoms with E-state index in [1.54, 1.807) is 6.08 Å². The fraction of sp³-hybridized carbons (Fsp3) is 0.286. The van der Waals surface area contributed by atoms with Gasteiger partial charge in [0.15, 0.2) is 6.29 Å². The van der Waals surface area contributed by atoms with Gasteiger partial charge in [-0.15, -0.1) is 0 Å². The zero-order valence-corrected chi connectivity index (χ0v) is 14.9. The first-order valence-electron chi connectivity index (χ1n) is 8.84. The molecule has 0 spiro atoms. The molecule has 1 aliphatic rings. The van der Waals surface area contributed by atoms with E-state index in [0.29, 0.717) is 11.8 Å². The van der Waals surface area contributed by atoms with Crippen LogP contribution in [0.25, 0.3) is 12.2 Å². The number of hydrogen-bond donors (Lipinski definition) is 1. The normalized spacial score (nSPS) is 15.5. The Hall–Kier alpha value is -2.66. The zero-order chi connectivity index (χ0) is 18.5. The minimum Gasteiger partial charge on any atom is -0.507 e. The van der Waals surface area contributed by atoms with Gasteiger partial charge in [-0.25, -0.2) is 4.39 Å². The van der Waals surface area contributed by atoms with E-state index in [9.17, 15) is 14.3 Å². The van der Waals surface area contributed by atoms with Crippen molar-refractivity contribution in [3.8, 4) is 5.75 Å². The molecule has 4 nitrogen and oxygen atoms in total. The van der Waals surface area contributed by atoms with Crippen LogP contribution in [0.5, 0.6) is 5.75 Å². The lowest BCUT2D eigenvalue weighted by Crippen LogP contribution is -2.46. The fourth-order valence-electron chi connectivity index (χ4n) is 3.15. The van der Waals surface area contributed by atoms with E-state index in [1.807, 2.05) is 18.2 Å². The van der Waals surface area contributed by atoms with Crippen LogP contribution in [0.2, 0.25) is 0 Å². The van der Waals surface area contributed by atoms with Gasteiger partial charge in [-0.2, -0.15) is 0 Å². The number of likely N-dealkylation sites (N-methyl/N-ethyl adjacent to an activating group) is 1. The summed E-state index contributed by atoms with van der Waals surface area (Å²) in [7, 11) is 0. The Kier molecular flexibility index (Phi) is 5.68. The lowest BCUT2D eigenvalue weighted by Gasteiger charge is -2.35. The van der Waals surface area contributed by atoms with Crippen molar-refractivity contribution in [1.29, 1.82) is 0 Å². The number of hydrogen-bond acceptors (Lipinski definition) is 4. The van der Waals surface area contributed by atoms with Gasteiger partial charge in [-0.1, -0.05) is 31.2 Å². The van der Waals surface area contributed by atoms with Crippen molar-refractivity contribution < 1.29 is 14.3 Å². The summed E-state index contributed by atoms with van der Waals surface area (Å²) in [6.45, 7) is 7.53. The summed E-state index contributed by atoms with van der Waals surface area (Å²) in [5.74, 6) is -1.07. The van der Waals surface area contributed by atoms with Gasteiger partial charge in [-0.05, 0) is 41.9 Å². The van der Waals surface area contributed by atoms with Gasteiger partial charge in [0.2, 0.25) is 0 Å². The minimum atomic E-state index is -0.721. The molecule has 1 N–H and O–H groups in total. The Morgan fingerprint density at radius 3 is 2.27 bits per heavy atom. The lowest BCUT2D eigenvalue weighted by molar-refractivity contribution is 0.111. The highest BCUT2D eigenvalue weighted by atomic mass is 19.1. The molecular weight excluding hydrogens is 331 g/mol. The van der Waals surface area contributed by atoms with Gasteiger partial charge < -0.3 is 14.9 Å². The van der Waals surface area contributed by atoms with Crippen LogP contribution in [-0.4, -0.2) is 49.0 Å². The molecule has 1 aliphatic heterocycles. The maximum absolute atomic E-state index is 13.7. The third-order valence-corrected chi connectivity index (χ3v) is 4.79. The number of benzene rings is 2. The highest BCUT2D eigenvalue weighted by molar-refractivity contribution is 5.81. The molecule has 0 radical (unpaired) electrons. The maximum Gasteiger partial charge on any atom is 0.156 e. The Balaban J connectivity index is 1.68. The summed E-state index contributed by atoms with van der Waals surface area (Å²) in [5, 5.41) is 9.67. The smallest absolute Gasteiger partial charge is 0.156 e. The summed E-state index contributed by atoms with van der Waals surface area (Å²) in [6, 6.07) is 10.8. The second-order valence-corrected chi connectivity index (χ2v) is 6.40. The minimum absolute atomic E-state index is 0.310. The predicted molar refractivity (Wildman–Crippen MR) is 103 cm³/mol. The topological polar surface area (TPSA) is 43.8 Å². The van der Waals surface area contributed by atoms with Crippen molar-refractivity contribution in [3.63, 3.8) is 0 Å². The average molecular weight is 354 g/mol. The van der Waals surface area contributed by atoms with E-state index in [0.717, 1.165) is 38.3 Å². The molecule has 0 aliphatic carbocycles. The SMILES string of the molecule is CCN1CCN(c2ccc(C=Cc3cc(O)c(C=O)c(F)c3)cc2)CC1. The molecule has 0 saturated carbocycles. The summed E-state index contributed by atoms with van der Waals surface area (Å²) >= 11 is 0. The van der Waals surface area contributed by atoms with Gasteiger partial charge >= 0.3 is 0 Å². The Morgan fingerprint density at radius 2 is 1.69 bits per heavy atom. The number of halogens is 1. The van der Waals surface area contributed by atoms with Crippen LogP contribution >= 0.6 is 0 Å². The number of rotatable bonds is 5. The highest BCUT2D eigenvalue weighted by Crippen LogP contribution is 2.23. The number of phenolic OH excluding ortho intramolecular Hbond substituents is 1. The molecule has 0 amide bonds. The van der Waals surface area contributed by atoms with Crippen LogP contribution in [0.3, 0.4) is 0 Å². The summed E-state index contributed by atoms with van der Waals surface area (Å²) in [6.07, 6.45) is 3.89. The molecule has 1 fully saturated rings. The summed E-state index contributed by atoms with van der Waals surface area (Å²) in [4.78, 5) is 15.5. The number of piperazine rings is 1. The van der Waals surface area contributed by atoms with Crippen LogP contribution < -0.4 is 4.90 Å². The second-order valence-electron chi connectivity index (χ2n) is 6.40. The van der Waals surface area contributed by atoms with Gasteiger partial charge in [0.25, 0.3) is 0 Å². The van der Waals surface area contributed by atoms with Crippen molar-refractivity contribution in [2.75, 3.05) is 37.6 Å². The molecule has 2 aromatic rings. The lowest BCUT2D eigenvalue weighted by atomic mass is 10.1. The van der Waals surface area contributed by atoms with E-state index >= 15 is 0 Å². The highest BCUT2D eigenvalue weighted by Gasteiger charge is 2.15. The molecule has 3 rings (SSSR count). The Morgan fingerprint density at radius 1 is 1.04 bits per heavy atom. The molecule has 1 saturated heterocycles. The van der Waals surface area contributed by atoms with Crippen molar-refractivity contribution in [2.24, 2.45) is 0 Å². The first-order valence-corrected chi connectivity index (χ1v) is 8.84. The molecule has 2 aromatic carbocycles. The third kappa shape index (κ3) is 4.11. The average Bonchev–Trinajstić information content (AvgIpc) is 2.67. The molecule has 5 heteroatoms. The molecular formula is C21H23FN2O2. The Labute approximate surface area is 153 Å². The number of nitrogens with zero attached hydrogens (tertiary/aromatic N) is 2. The van der Waals surface area contributed by atoms with E-state index in [2.05, 4.69) is 28.9 Å². The van der Waals surface area contributed by atoms with Crippen LogP contribution in [-0.2, 0) is 0 Å². The largest absolute Gasteiger partial charge is 0.507 e. The first-order chi connectivity index (χ1) is 12.6. The van der Waals surface area contributed by atoms with E-state index in [-0.39, 0.29) is 11.3 Å². The Bertz CT molecular complexity index is 771. The molecule has 0 bridgehead atoms. The standard InChI is InChI=1S/C21H23FN2O2/c1-2-23-9-11-24(12-10-23)18-7-5-16(6-8-18)3-4-17-13-20(22)19(15-25)21(26)14-17/h3-8,13-15,26H,2,9-12H2,1H3. The monoisotopic (exact) mass is 354 g/mol. The number of aromatic hydroxyl groups is 1. The van der Waals surface area contributed by atoms with Gasteiger partial charge in [0.05, 0.1) is 5.56 Å². The maximum atomic E-state index is 13.7. The van der Waals surface area contributed by atoms with Crippen LogP contribution in [0.1, 0.15) is 28.4 Å². The number of carbonyl (C=O) groups is 1. The quantitative estimate of drug-likeness (QED) is 0.657. The van der Waals surface area contributed by atoms with E-state index < -0.39 is 5.82 Å². The molecule has 0 aromatic heterocycles. The number of phenols is 1.